The molecule has 0 saturated carbocycles. The minimum Gasteiger partial charge on any atom is -0.378 e. The van der Waals surface area contributed by atoms with Crippen LogP contribution in [0.15, 0.2) is 28.8 Å². The first kappa shape index (κ1) is 15.0. The molecule has 1 aliphatic heterocycles. The van der Waals surface area contributed by atoms with E-state index in [0.29, 0.717) is 5.82 Å². The molecule has 23 heavy (non-hydrogen) atoms. The molecule has 1 saturated heterocycles. The van der Waals surface area contributed by atoms with Crippen LogP contribution in [0.5, 0.6) is 0 Å². The Bertz CT molecular complexity index is 738. The van der Waals surface area contributed by atoms with Crippen LogP contribution < -0.4 is 4.90 Å². The lowest BCUT2D eigenvalue weighted by molar-refractivity contribution is -0.125. The molecule has 1 fully saturated rings. The number of carbonyl (C=O) groups is 2. The van der Waals surface area contributed by atoms with Crippen molar-refractivity contribution >= 4 is 17.6 Å². The second-order valence-electron chi connectivity index (χ2n) is 5.57. The molecule has 1 aromatic carbocycles. The molecule has 0 atom stereocenters. The molecule has 3 amide bonds. The summed E-state index contributed by atoms with van der Waals surface area (Å²) in [6.45, 7) is 0.0661. The van der Waals surface area contributed by atoms with E-state index in [1.807, 2.05) is 43.3 Å². The highest BCUT2D eigenvalue weighted by Crippen LogP contribution is 2.21. The fourth-order valence-electron chi connectivity index (χ4n) is 2.30. The summed E-state index contributed by atoms with van der Waals surface area (Å²) in [7, 11) is 5.50. The van der Waals surface area contributed by atoms with Crippen molar-refractivity contribution in [1.29, 1.82) is 0 Å². The fraction of sp³-hybridized carbons (Fsp3) is 0.333. The predicted octanol–water partition coefficient (Wildman–Crippen LogP) is 1.20. The van der Waals surface area contributed by atoms with E-state index in [-0.39, 0.29) is 30.9 Å². The highest BCUT2D eigenvalue weighted by atomic mass is 16.5. The Hall–Kier alpha value is -2.90. The third-order valence-corrected chi connectivity index (χ3v) is 3.63. The Balaban J connectivity index is 1.75. The summed E-state index contributed by atoms with van der Waals surface area (Å²) in [6, 6.07) is 7.33. The zero-order valence-corrected chi connectivity index (χ0v) is 13.2. The summed E-state index contributed by atoms with van der Waals surface area (Å²) >= 11 is 0. The Labute approximate surface area is 133 Å². The molecular formula is C15H17N5O3. The van der Waals surface area contributed by atoms with E-state index in [9.17, 15) is 9.59 Å². The van der Waals surface area contributed by atoms with Gasteiger partial charge in [-0.25, -0.2) is 4.79 Å². The van der Waals surface area contributed by atoms with Gasteiger partial charge in [0.15, 0.2) is 0 Å². The number of imide groups is 1. The number of anilines is 1. The quantitative estimate of drug-likeness (QED) is 0.788. The first-order valence-corrected chi connectivity index (χ1v) is 7.11. The maximum Gasteiger partial charge on any atom is 0.327 e. The predicted molar refractivity (Wildman–Crippen MR) is 82.6 cm³/mol. The van der Waals surface area contributed by atoms with Crippen LogP contribution in [-0.4, -0.2) is 59.6 Å². The summed E-state index contributed by atoms with van der Waals surface area (Å²) in [6.07, 6.45) is 0. The number of nitrogens with zero attached hydrogens (tertiary/aromatic N) is 5. The van der Waals surface area contributed by atoms with Gasteiger partial charge in [0.2, 0.25) is 11.7 Å². The summed E-state index contributed by atoms with van der Waals surface area (Å²) in [5.41, 5.74) is 1.87. The molecule has 8 nitrogen and oxygen atoms in total. The summed E-state index contributed by atoms with van der Waals surface area (Å²) in [5, 5.41) is 3.91. The third kappa shape index (κ3) is 2.87. The molecule has 0 N–H and O–H groups in total. The summed E-state index contributed by atoms with van der Waals surface area (Å²) in [4.78, 5) is 32.3. The number of hydrogen-bond acceptors (Lipinski definition) is 6. The van der Waals surface area contributed by atoms with Crippen molar-refractivity contribution in [2.24, 2.45) is 0 Å². The van der Waals surface area contributed by atoms with Crippen molar-refractivity contribution in [3.63, 3.8) is 0 Å². The number of rotatable bonds is 4. The van der Waals surface area contributed by atoms with Gasteiger partial charge in [-0.3, -0.25) is 9.69 Å². The molecule has 1 aliphatic rings. The maximum absolute atomic E-state index is 11.8. The maximum atomic E-state index is 11.8. The molecule has 3 rings (SSSR count). The number of hydrogen-bond donors (Lipinski definition) is 0. The molecule has 0 spiro atoms. The zero-order valence-electron chi connectivity index (χ0n) is 13.2. The van der Waals surface area contributed by atoms with Gasteiger partial charge >= 0.3 is 6.03 Å². The molecule has 2 heterocycles. The Morgan fingerprint density at radius 2 is 1.91 bits per heavy atom. The van der Waals surface area contributed by atoms with E-state index in [1.54, 1.807) is 7.05 Å². The number of amides is 3. The Morgan fingerprint density at radius 1 is 1.22 bits per heavy atom. The number of likely N-dealkylation sites (N-methyl/N-ethyl adjacent to an activating group) is 1. The van der Waals surface area contributed by atoms with Crippen molar-refractivity contribution in [2.75, 3.05) is 32.6 Å². The summed E-state index contributed by atoms with van der Waals surface area (Å²) in [5.74, 6) is 0.388. The number of benzene rings is 1. The fourth-order valence-corrected chi connectivity index (χ4v) is 2.30. The molecule has 0 unspecified atom stereocenters. The van der Waals surface area contributed by atoms with Gasteiger partial charge in [0.1, 0.15) is 13.1 Å². The molecule has 0 radical (unpaired) electrons. The highest BCUT2D eigenvalue weighted by Gasteiger charge is 2.34. The molecule has 0 aliphatic carbocycles. The van der Waals surface area contributed by atoms with Gasteiger partial charge in [0.25, 0.3) is 5.91 Å². The number of urea groups is 1. The Morgan fingerprint density at radius 3 is 2.48 bits per heavy atom. The first-order chi connectivity index (χ1) is 11.0. The van der Waals surface area contributed by atoms with Crippen LogP contribution in [0, 0.1) is 0 Å². The normalized spacial score (nSPS) is 14.7. The minimum absolute atomic E-state index is 0.00914. The van der Waals surface area contributed by atoms with Gasteiger partial charge in [0, 0.05) is 32.4 Å². The first-order valence-electron chi connectivity index (χ1n) is 7.11. The standard InChI is InChI=1S/C15H17N5O3/c1-18(2)11-6-4-10(5-7-11)14-16-12(23-17-14)8-20-13(21)9-19(3)15(20)22/h4-7H,8-9H2,1-3H3. The van der Waals surface area contributed by atoms with Crippen LogP contribution in [0.3, 0.4) is 0 Å². The van der Waals surface area contributed by atoms with Gasteiger partial charge < -0.3 is 14.3 Å². The smallest absolute Gasteiger partial charge is 0.327 e. The van der Waals surface area contributed by atoms with Crippen LogP contribution in [0.2, 0.25) is 0 Å². The molecule has 2 aromatic rings. The minimum atomic E-state index is -0.356. The molecular weight excluding hydrogens is 298 g/mol. The summed E-state index contributed by atoms with van der Waals surface area (Å²) < 4.78 is 5.15. The van der Waals surface area contributed by atoms with E-state index in [1.165, 1.54) is 4.90 Å². The average molecular weight is 315 g/mol. The number of aromatic nitrogens is 2. The van der Waals surface area contributed by atoms with Crippen LogP contribution >= 0.6 is 0 Å². The SMILES string of the molecule is CN1CC(=O)N(Cc2nc(-c3ccc(N(C)C)cc3)no2)C1=O. The van der Waals surface area contributed by atoms with Crippen LogP contribution in [0.1, 0.15) is 5.89 Å². The van der Waals surface area contributed by atoms with E-state index in [4.69, 9.17) is 4.52 Å². The lowest BCUT2D eigenvalue weighted by atomic mass is 10.2. The van der Waals surface area contributed by atoms with Gasteiger partial charge in [-0.1, -0.05) is 5.16 Å². The topological polar surface area (TPSA) is 82.8 Å². The van der Waals surface area contributed by atoms with Gasteiger partial charge in [-0.15, -0.1) is 0 Å². The van der Waals surface area contributed by atoms with Crippen molar-refractivity contribution in [1.82, 2.24) is 19.9 Å². The van der Waals surface area contributed by atoms with Gasteiger partial charge in [-0.05, 0) is 24.3 Å². The van der Waals surface area contributed by atoms with Crippen molar-refractivity contribution in [3.05, 3.63) is 30.2 Å². The third-order valence-electron chi connectivity index (χ3n) is 3.63. The monoisotopic (exact) mass is 315 g/mol. The average Bonchev–Trinajstić information content (AvgIpc) is 3.08. The van der Waals surface area contributed by atoms with E-state index < -0.39 is 0 Å². The zero-order chi connectivity index (χ0) is 16.6. The lowest BCUT2D eigenvalue weighted by Gasteiger charge is -2.11. The van der Waals surface area contributed by atoms with Crippen molar-refractivity contribution < 1.29 is 14.1 Å². The Kier molecular flexibility index (Phi) is 3.73. The van der Waals surface area contributed by atoms with Gasteiger partial charge in [0.05, 0.1) is 0 Å². The largest absolute Gasteiger partial charge is 0.378 e. The van der Waals surface area contributed by atoms with Crippen LogP contribution in [-0.2, 0) is 11.3 Å². The van der Waals surface area contributed by atoms with E-state index in [2.05, 4.69) is 10.1 Å². The molecule has 1 aromatic heterocycles. The second kappa shape index (κ2) is 5.71. The molecule has 0 bridgehead atoms. The van der Waals surface area contributed by atoms with Crippen molar-refractivity contribution in [2.45, 2.75) is 6.54 Å². The van der Waals surface area contributed by atoms with Crippen LogP contribution in [0.4, 0.5) is 10.5 Å². The molecule has 8 heteroatoms. The lowest BCUT2D eigenvalue weighted by Crippen LogP contribution is -2.31. The number of carbonyl (C=O) groups excluding carboxylic acids is 2. The van der Waals surface area contributed by atoms with E-state index in [0.717, 1.165) is 16.2 Å². The van der Waals surface area contributed by atoms with E-state index >= 15 is 0 Å². The molecule has 120 valence electrons. The highest BCUT2D eigenvalue weighted by molar-refractivity contribution is 6.01. The van der Waals surface area contributed by atoms with Gasteiger partial charge in [-0.2, -0.15) is 4.98 Å². The van der Waals surface area contributed by atoms with Crippen molar-refractivity contribution in [3.8, 4) is 11.4 Å². The second-order valence-corrected chi connectivity index (χ2v) is 5.57. The van der Waals surface area contributed by atoms with Crippen LogP contribution in [0.25, 0.3) is 11.4 Å².